The van der Waals surface area contributed by atoms with E-state index in [0.29, 0.717) is 24.7 Å². The molecule has 0 amide bonds. The number of aromatic amines is 1. The van der Waals surface area contributed by atoms with Crippen molar-refractivity contribution < 1.29 is 14.6 Å². The van der Waals surface area contributed by atoms with E-state index in [1.807, 2.05) is 29.3 Å². The highest BCUT2D eigenvalue weighted by Gasteiger charge is 2.13. The predicted molar refractivity (Wildman–Crippen MR) is 78.1 cm³/mol. The van der Waals surface area contributed by atoms with Gasteiger partial charge in [-0.05, 0) is 17.7 Å². The first-order valence-electron chi connectivity index (χ1n) is 6.28. The van der Waals surface area contributed by atoms with Gasteiger partial charge in [-0.15, -0.1) is 0 Å². The lowest BCUT2D eigenvalue weighted by atomic mass is 10.1. The largest absolute Gasteiger partial charge is 0.480 e. The summed E-state index contributed by atoms with van der Waals surface area (Å²) in [5.41, 5.74) is 2.00. The Morgan fingerprint density at radius 3 is 3.00 bits per heavy atom. The molecule has 6 heteroatoms. The maximum atomic E-state index is 10.9. The summed E-state index contributed by atoms with van der Waals surface area (Å²) < 4.78 is 5.02. The predicted octanol–water partition coefficient (Wildman–Crippen LogP) is 2.35. The van der Waals surface area contributed by atoms with E-state index in [2.05, 4.69) is 4.98 Å². The van der Waals surface area contributed by atoms with Gasteiger partial charge in [-0.3, -0.25) is 9.69 Å². The van der Waals surface area contributed by atoms with Crippen LogP contribution in [0.4, 0.5) is 0 Å². The van der Waals surface area contributed by atoms with Crippen LogP contribution >= 0.6 is 11.6 Å². The molecular formula is C14H17ClN2O3. The third kappa shape index (κ3) is 3.72. The highest BCUT2D eigenvalue weighted by atomic mass is 35.5. The molecule has 1 aromatic carbocycles. The van der Waals surface area contributed by atoms with Crippen LogP contribution in [0.1, 0.15) is 5.56 Å². The topological polar surface area (TPSA) is 65.6 Å². The highest BCUT2D eigenvalue weighted by molar-refractivity contribution is 6.31. The van der Waals surface area contributed by atoms with E-state index >= 15 is 0 Å². The van der Waals surface area contributed by atoms with Crippen LogP contribution in [0.15, 0.2) is 24.4 Å². The van der Waals surface area contributed by atoms with Crippen LogP contribution in [0.3, 0.4) is 0 Å². The van der Waals surface area contributed by atoms with Crippen LogP contribution in [0.25, 0.3) is 10.9 Å². The zero-order valence-electron chi connectivity index (χ0n) is 11.2. The van der Waals surface area contributed by atoms with Gasteiger partial charge in [-0.1, -0.05) is 17.7 Å². The van der Waals surface area contributed by atoms with Crippen molar-refractivity contribution in [2.24, 2.45) is 0 Å². The molecule has 0 saturated heterocycles. The van der Waals surface area contributed by atoms with Crippen LogP contribution < -0.4 is 0 Å². The van der Waals surface area contributed by atoms with Crippen molar-refractivity contribution in [1.29, 1.82) is 0 Å². The maximum absolute atomic E-state index is 10.9. The van der Waals surface area contributed by atoms with Gasteiger partial charge in [0.2, 0.25) is 0 Å². The van der Waals surface area contributed by atoms with Crippen molar-refractivity contribution in [2.75, 3.05) is 26.8 Å². The van der Waals surface area contributed by atoms with Gasteiger partial charge in [0.25, 0.3) is 0 Å². The van der Waals surface area contributed by atoms with Crippen LogP contribution in [0.2, 0.25) is 5.02 Å². The van der Waals surface area contributed by atoms with Crippen molar-refractivity contribution in [3.05, 3.63) is 35.0 Å². The monoisotopic (exact) mass is 296 g/mol. The minimum Gasteiger partial charge on any atom is -0.480 e. The molecule has 2 rings (SSSR count). The van der Waals surface area contributed by atoms with Crippen molar-refractivity contribution in [1.82, 2.24) is 9.88 Å². The second-order valence-electron chi connectivity index (χ2n) is 4.60. The lowest BCUT2D eigenvalue weighted by Gasteiger charge is -2.19. The molecule has 0 fully saturated rings. The molecular weight excluding hydrogens is 280 g/mol. The quantitative estimate of drug-likeness (QED) is 0.823. The minimum absolute atomic E-state index is 0.0103. The number of carboxylic acids is 1. The van der Waals surface area contributed by atoms with Gasteiger partial charge in [0.1, 0.15) is 0 Å². The Kier molecular flexibility index (Phi) is 5.00. The molecule has 0 aliphatic heterocycles. The molecule has 1 heterocycles. The van der Waals surface area contributed by atoms with Crippen LogP contribution in [0.5, 0.6) is 0 Å². The number of nitrogens with one attached hydrogen (secondary N) is 1. The van der Waals surface area contributed by atoms with E-state index < -0.39 is 5.97 Å². The average Bonchev–Trinajstić information content (AvgIpc) is 2.77. The number of rotatable bonds is 7. The SMILES string of the molecule is COCCN(CC(=O)O)Cc1c[nH]c2cc(Cl)ccc12. The Morgan fingerprint density at radius 1 is 1.50 bits per heavy atom. The summed E-state index contributed by atoms with van der Waals surface area (Å²) in [4.78, 5) is 15.9. The fourth-order valence-electron chi connectivity index (χ4n) is 2.16. The standard InChI is InChI=1S/C14H17ClN2O3/c1-20-5-4-17(9-14(18)19)8-10-7-16-13-6-11(15)2-3-12(10)13/h2-3,6-7,16H,4-5,8-9H2,1H3,(H,18,19). The zero-order valence-corrected chi connectivity index (χ0v) is 12.0. The smallest absolute Gasteiger partial charge is 0.317 e. The van der Waals surface area contributed by atoms with Gasteiger partial charge in [0.15, 0.2) is 0 Å². The number of H-pyrrole nitrogens is 1. The van der Waals surface area contributed by atoms with E-state index in [0.717, 1.165) is 16.5 Å². The fraction of sp³-hybridized carbons (Fsp3) is 0.357. The summed E-state index contributed by atoms with van der Waals surface area (Å²) in [6.07, 6.45) is 1.89. The molecule has 5 nitrogen and oxygen atoms in total. The number of hydrogen-bond donors (Lipinski definition) is 2. The third-order valence-corrected chi connectivity index (χ3v) is 3.33. The summed E-state index contributed by atoms with van der Waals surface area (Å²) in [5.74, 6) is -0.844. The van der Waals surface area contributed by atoms with Crippen molar-refractivity contribution in [3.8, 4) is 0 Å². The van der Waals surface area contributed by atoms with Crippen molar-refractivity contribution >= 4 is 28.5 Å². The maximum Gasteiger partial charge on any atom is 0.317 e. The second kappa shape index (κ2) is 6.74. The first kappa shape index (κ1) is 14.8. The Balaban J connectivity index is 2.16. The third-order valence-electron chi connectivity index (χ3n) is 3.09. The van der Waals surface area contributed by atoms with Crippen LogP contribution in [-0.2, 0) is 16.1 Å². The Hall–Kier alpha value is -1.56. The summed E-state index contributed by atoms with van der Waals surface area (Å²) in [7, 11) is 1.60. The van der Waals surface area contributed by atoms with E-state index in [9.17, 15) is 4.79 Å². The first-order valence-corrected chi connectivity index (χ1v) is 6.66. The lowest BCUT2D eigenvalue weighted by Crippen LogP contribution is -2.32. The molecule has 2 aromatic rings. The van der Waals surface area contributed by atoms with Gasteiger partial charge in [-0.2, -0.15) is 0 Å². The highest BCUT2D eigenvalue weighted by Crippen LogP contribution is 2.23. The number of carboxylic acid groups (broad SMARTS) is 1. The van der Waals surface area contributed by atoms with Gasteiger partial charge in [0.05, 0.1) is 13.2 Å². The Morgan fingerprint density at radius 2 is 2.30 bits per heavy atom. The summed E-state index contributed by atoms with van der Waals surface area (Å²) in [6.45, 7) is 1.62. The molecule has 0 atom stereocenters. The van der Waals surface area contributed by atoms with E-state index in [4.69, 9.17) is 21.4 Å². The number of benzene rings is 1. The summed E-state index contributed by atoms with van der Waals surface area (Å²) >= 11 is 5.95. The Bertz CT molecular complexity index is 597. The molecule has 0 bridgehead atoms. The average molecular weight is 297 g/mol. The number of halogens is 1. The van der Waals surface area contributed by atoms with Gasteiger partial charge in [-0.25, -0.2) is 0 Å². The van der Waals surface area contributed by atoms with Gasteiger partial charge < -0.3 is 14.8 Å². The number of methoxy groups -OCH3 is 1. The van der Waals surface area contributed by atoms with Crippen LogP contribution in [-0.4, -0.2) is 47.8 Å². The van der Waals surface area contributed by atoms with Crippen molar-refractivity contribution in [3.63, 3.8) is 0 Å². The minimum atomic E-state index is -0.844. The number of aliphatic carboxylic acids is 1. The summed E-state index contributed by atoms with van der Waals surface area (Å²) in [5, 5.41) is 10.7. The van der Waals surface area contributed by atoms with Gasteiger partial charge in [0, 0.05) is 42.3 Å². The normalized spacial score (nSPS) is 11.3. The molecule has 108 valence electrons. The molecule has 1 aromatic heterocycles. The number of fused-ring (bicyclic) bond motifs is 1. The van der Waals surface area contributed by atoms with Crippen LogP contribution in [0, 0.1) is 0 Å². The van der Waals surface area contributed by atoms with Crippen molar-refractivity contribution in [2.45, 2.75) is 6.54 Å². The molecule has 0 saturated carbocycles. The van der Waals surface area contributed by atoms with E-state index in [1.165, 1.54) is 0 Å². The molecule has 0 radical (unpaired) electrons. The molecule has 2 N–H and O–H groups in total. The number of ether oxygens (including phenoxy) is 1. The number of hydrogen-bond acceptors (Lipinski definition) is 3. The Labute approximate surface area is 122 Å². The van der Waals surface area contributed by atoms with Gasteiger partial charge >= 0.3 is 5.97 Å². The van der Waals surface area contributed by atoms with E-state index in [-0.39, 0.29) is 6.54 Å². The second-order valence-corrected chi connectivity index (χ2v) is 5.04. The van der Waals surface area contributed by atoms with E-state index in [1.54, 1.807) is 7.11 Å². The molecule has 0 unspecified atom stereocenters. The first-order chi connectivity index (χ1) is 9.60. The lowest BCUT2D eigenvalue weighted by molar-refractivity contribution is -0.138. The number of carbonyl (C=O) groups is 1. The molecule has 20 heavy (non-hydrogen) atoms. The molecule has 0 aliphatic rings. The number of nitrogens with zero attached hydrogens (tertiary/aromatic N) is 1. The molecule has 0 spiro atoms. The number of aromatic nitrogens is 1. The molecule has 0 aliphatic carbocycles. The summed E-state index contributed by atoms with van der Waals surface area (Å²) in [6, 6.07) is 5.63. The fourth-order valence-corrected chi connectivity index (χ4v) is 2.33. The zero-order chi connectivity index (χ0) is 14.5.